The van der Waals surface area contributed by atoms with E-state index in [0.29, 0.717) is 48.8 Å². The van der Waals surface area contributed by atoms with Crippen LogP contribution in [0.4, 0.5) is 0 Å². The Morgan fingerprint density at radius 1 is 0.976 bits per heavy atom. The average Bonchev–Trinajstić information content (AvgIpc) is 3.41. The summed E-state index contributed by atoms with van der Waals surface area (Å²) in [6.45, 7) is 6.22. The first kappa shape index (κ1) is 29.8. The Kier molecular flexibility index (Phi) is 8.70. The predicted molar refractivity (Wildman–Crippen MR) is 167 cm³/mol. The van der Waals surface area contributed by atoms with Crippen LogP contribution in [0, 0.1) is 6.92 Å². The van der Waals surface area contributed by atoms with Gasteiger partial charge in [-0.25, -0.2) is 0 Å². The SMILES string of the molecule is COc1cc(C(c2cccc(C)c2)c2c(O)ccc3c2OCO3)c(Oc2c(Br)cc(CC(=O)O)cc2Br)cc1C(C)C. The van der Waals surface area contributed by atoms with E-state index in [0.717, 1.165) is 22.3 Å². The maximum absolute atomic E-state index is 11.3. The summed E-state index contributed by atoms with van der Waals surface area (Å²) in [5.74, 6) is 1.44. The number of aliphatic carboxylic acids is 1. The third kappa shape index (κ3) is 5.94. The van der Waals surface area contributed by atoms with Crippen LogP contribution in [0.25, 0.3) is 0 Å². The van der Waals surface area contributed by atoms with Crippen molar-refractivity contribution in [3.8, 4) is 34.5 Å². The number of carbonyl (C=O) groups is 1. The highest BCUT2D eigenvalue weighted by molar-refractivity contribution is 9.11. The molecule has 0 saturated heterocycles. The maximum Gasteiger partial charge on any atom is 0.307 e. The van der Waals surface area contributed by atoms with Gasteiger partial charge in [-0.2, -0.15) is 0 Å². The molecule has 1 aliphatic rings. The van der Waals surface area contributed by atoms with Crippen LogP contribution in [0.5, 0.6) is 34.5 Å². The molecule has 0 spiro atoms. The predicted octanol–water partition coefficient (Wildman–Crippen LogP) is 8.69. The molecule has 4 aromatic rings. The lowest BCUT2D eigenvalue weighted by atomic mass is 9.82. The fraction of sp³-hybridized carbons (Fsp3) is 0.242. The van der Waals surface area contributed by atoms with Gasteiger partial charge in [0, 0.05) is 17.0 Å². The number of phenols is 1. The zero-order valence-electron chi connectivity index (χ0n) is 23.5. The van der Waals surface area contributed by atoms with Gasteiger partial charge in [-0.1, -0.05) is 43.7 Å². The number of rotatable bonds is 9. The van der Waals surface area contributed by atoms with Gasteiger partial charge in [0.25, 0.3) is 0 Å². The number of methoxy groups -OCH3 is 1. The number of carboxylic acid groups (broad SMARTS) is 1. The molecule has 0 aromatic heterocycles. The molecule has 0 saturated carbocycles. The number of halogens is 2. The van der Waals surface area contributed by atoms with Gasteiger partial charge in [0.15, 0.2) is 17.2 Å². The standard InChI is InChI=1S/C33H30Br2O7/c1-17(2)21-14-28(42-32-23(34)11-19(12-24(32)35)13-29(37)38)22(15-27(21)39-4)30(20-7-5-6-18(3)10-20)31-25(36)8-9-26-33(31)41-16-40-26/h5-12,14-15,17,30,36H,13,16H2,1-4H3,(H,37,38). The summed E-state index contributed by atoms with van der Waals surface area (Å²) in [6, 6.07) is 18.8. The van der Waals surface area contributed by atoms with Crippen LogP contribution in [-0.4, -0.2) is 30.1 Å². The molecule has 1 aliphatic heterocycles. The molecule has 7 nitrogen and oxygen atoms in total. The molecule has 1 atom stereocenters. The number of aryl methyl sites for hydroxylation is 1. The lowest BCUT2D eigenvalue weighted by molar-refractivity contribution is -0.136. The van der Waals surface area contributed by atoms with E-state index in [2.05, 4.69) is 51.8 Å². The summed E-state index contributed by atoms with van der Waals surface area (Å²) < 4.78 is 25.3. The van der Waals surface area contributed by atoms with Gasteiger partial charge in [-0.05, 0) is 92.2 Å². The molecule has 4 aromatic carbocycles. The molecular weight excluding hydrogens is 668 g/mol. The topological polar surface area (TPSA) is 94.5 Å². The molecular formula is C33H30Br2O7. The van der Waals surface area contributed by atoms with Crippen molar-refractivity contribution in [2.75, 3.05) is 13.9 Å². The largest absolute Gasteiger partial charge is 0.507 e. The highest BCUT2D eigenvalue weighted by atomic mass is 79.9. The van der Waals surface area contributed by atoms with Gasteiger partial charge < -0.3 is 29.2 Å². The molecule has 2 N–H and O–H groups in total. The zero-order valence-corrected chi connectivity index (χ0v) is 26.7. The van der Waals surface area contributed by atoms with Crippen LogP contribution in [0.1, 0.15) is 59.1 Å². The van der Waals surface area contributed by atoms with Crippen molar-refractivity contribution in [2.45, 2.75) is 39.0 Å². The molecule has 0 bridgehead atoms. The van der Waals surface area contributed by atoms with Crippen molar-refractivity contribution in [1.82, 2.24) is 0 Å². The van der Waals surface area contributed by atoms with Crippen LogP contribution >= 0.6 is 31.9 Å². The summed E-state index contributed by atoms with van der Waals surface area (Å²) in [5, 5.41) is 20.6. The van der Waals surface area contributed by atoms with Crippen LogP contribution in [0.15, 0.2) is 69.6 Å². The number of fused-ring (bicyclic) bond motifs is 1. The van der Waals surface area contributed by atoms with Crippen LogP contribution in [0.2, 0.25) is 0 Å². The first-order valence-corrected chi connectivity index (χ1v) is 14.9. The minimum Gasteiger partial charge on any atom is -0.507 e. The van der Waals surface area contributed by atoms with E-state index >= 15 is 0 Å². The number of hydrogen-bond acceptors (Lipinski definition) is 6. The van der Waals surface area contributed by atoms with E-state index in [1.54, 1.807) is 31.4 Å². The van der Waals surface area contributed by atoms with E-state index < -0.39 is 11.9 Å². The van der Waals surface area contributed by atoms with Gasteiger partial charge in [0.1, 0.15) is 17.2 Å². The molecule has 0 radical (unpaired) electrons. The van der Waals surface area contributed by atoms with Gasteiger partial charge in [0.2, 0.25) is 6.79 Å². The Morgan fingerprint density at radius 3 is 2.33 bits per heavy atom. The molecule has 9 heteroatoms. The van der Waals surface area contributed by atoms with Crippen molar-refractivity contribution in [3.63, 3.8) is 0 Å². The second-order valence-corrected chi connectivity index (χ2v) is 12.1. The van der Waals surface area contributed by atoms with Crippen LogP contribution < -0.4 is 18.9 Å². The van der Waals surface area contributed by atoms with Gasteiger partial charge in [0.05, 0.1) is 28.0 Å². The Hall–Kier alpha value is -3.69. The Bertz CT molecular complexity index is 1640. The van der Waals surface area contributed by atoms with E-state index in [-0.39, 0.29) is 24.9 Å². The lowest BCUT2D eigenvalue weighted by Crippen LogP contribution is -2.09. The number of aromatic hydroxyl groups is 1. The Labute approximate surface area is 261 Å². The van der Waals surface area contributed by atoms with Crippen LogP contribution in [-0.2, 0) is 11.2 Å². The molecule has 0 aliphatic carbocycles. The lowest BCUT2D eigenvalue weighted by Gasteiger charge is -2.26. The van der Waals surface area contributed by atoms with Gasteiger partial charge in [-0.15, -0.1) is 0 Å². The number of benzene rings is 4. The fourth-order valence-electron chi connectivity index (χ4n) is 5.24. The first-order chi connectivity index (χ1) is 20.1. The van der Waals surface area contributed by atoms with Crippen molar-refractivity contribution in [2.24, 2.45) is 0 Å². The molecule has 1 unspecified atom stereocenters. The van der Waals surface area contributed by atoms with E-state index in [1.165, 1.54) is 0 Å². The minimum absolute atomic E-state index is 0.0495. The molecule has 42 heavy (non-hydrogen) atoms. The van der Waals surface area contributed by atoms with Crippen molar-refractivity contribution < 1.29 is 34.0 Å². The summed E-state index contributed by atoms with van der Waals surface area (Å²) in [4.78, 5) is 11.3. The molecule has 0 amide bonds. The normalized spacial score (nSPS) is 12.8. The maximum atomic E-state index is 11.3. The highest BCUT2D eigenvalue weighted by Crippen LogP contribution is 2.52. The van der Waals surface area contributed by atoms with Crippen molar-refractivity contribution in [3.05, 3.63) is 103 Å². The molecule has 0 fully saturated rings. The Morgan fingerprint density at radius 2 is 1.69 bits per heavy atom. The summed E-state index contributed by atoms with van der Waals surface area (Å²) in [5.41, 5.74) is 4.80. The zero-order chi connectivity index (χ0) is 30.1. The van der Waals surface area contributed by atoms with Crippen molar-refractivity contribution >= 4 is 37.8 Å². The quantitative estimate of drug-likeness (QED) is 0.169. The van der Waals surface area contributed by atoms with E-state index in [1.807, 2.05) is 37.3 Å². The molecule has 1 heterocycles. The summed E-state index contributed by atoms with van der Waals surface area (Å²) in [6.07, 6.45) is -0.126. The van der Waals surface area contributed by atoms with E-state index in [9.17, 15) is 15.0 Å². The molecule has 218 valence electrons. The first-order valence-electron chi connectivity index (χ1n) is 13.3. The third-order valence-electron chi connectivity index (χ3n) is 7.14. The smallest absolute Gasteiger partial charge is 0.307 e. The second kappa shape index (κ2) is 12.3. The monoisotopic (exact) mass is 696 g/mol. The third-order valence-corrected chi connectivity index (χ3v) is 8.32. The van der Waals surface area contributed by atoms with E-state index in [4.69, 9.17) is 18.9 Å². The van der Waals surface area contributed by atoms with Crippen LogP contribution in [0.3, 0.4) is 0 Å². The molecule has 5 rings (SSSR count). The highest BCUT2D eigenvalue weighted by Gasteiger charge is 2.33. The Balaban J connectivity index is 1.78. The van der Waals surface area contributed by atoms with Gasteiger partial charge >= 0.3 is 5.97 Å². The summed E-state index contributed by atoms with van der Waals surface area (Å²) >= 11 is 7.17. The number of phenolic OH excluding ortho intramolecular Hbond substituents is 1. The average molecular weight is 698 g/mol. The minimum atomic E-state index is -0.927. The van der Waals surface area contributed by atoms with Crippen molar-refractivity contribution in [1.29, 1.82) is 0 Å². The number of hydrogen-bond donors (Lipinski definition) is 2. The second-order valence-electron chi connectivity index (χ2n) is 10.4. The van der Waals surface area contributed by atoms with Gasteiger partial charge in [-0.3, -0.25) is 4.79 Å². The summed E-state index contributed by atoms with van der Waals surface area (Å²) in [7, 11) is 1.64. The fourth-order valence-corrected chi connectivity index (χ4v) is 6.69. The number of ether oxygens (including phenoxy) is 4. The number of carboxylic acids is 1.